The van der Waals surface area contributed by atoms with Crippen LogP contribution in [0.4, 0.5) is 0 Å². The molecule has 1 aromatic rings. The van der Waals surface area contributed by atoms with Crippen LogP contribution in [-0.2, 0) is 4.79 Å². The Bertz CT molecular complexity index is 466. The van der Waals surface area contributed by atoms with Crippen molar-refractivity contribution in [2.75, 3.05) is 13.6 Å². The molecule has 0 bridgehead atoms. The number of carbonyl (C=O) groups is 2. The lowest BCUT2D eigenvalue weighted by Gasteiger charge is -2.27. The Labute approximate surface area is 124 Å². The first-order chi connectivity index (χ1) is 9.49. The molecule has 1 saturated carbocycles. The van der Waals surface area contributed by atoms with E-state index in [1.54, 1.807) is 11.0 Å². The molecule has 110 valence electrons. The number of rotatable bonds is 6. The number of hydrogen-bond donors (Lipinski definition) is 1. The summed E-state index contributed by atoms with van der Waals surface area (Å²) in [6, 6.07) is 3.16. The summed E-state index contributed by atoms with van der Waals surface area (Å²) in [6.07, 6.45) is 2.43. The van der Waals surface area contributed by atoms with Crippen molar-refractivity contribution in [1.29, 1.82) is 0 Å². The summed E-state index contributed by atoms with van der Waals surface area (Å²) in [6.45, 7) is 4.72. The number of carbonyl (C=O) groups excluding carboxylic acids is 2. The van der Waals surface area contributed by atoms with Crippen molar-refractivity contribution >= 4 is 23.2 Å². The van der Waals surface area contributed by atoms with E-state index in [2.05, 4.69) is 5.32 Å². The fourth-order valence-electron chi connectivity index (χ4n) is 2.15. The highest BCUT2D eigenvalue weighted by Crippen LogP contribution is 2.29. The normalized spacial score (nSPS) is 16.0. The van der Waals surface area contributed by atoms with Crippen LogP contribution in [-0.4, -0.2) is 36.3 Å². The molecule has 4 nitrogen and oxygen atoms in total. The molecule has 1 atom stereocenters. The van der Waals surface area contributed by atoms with Crippen molar-refractivity contribution in [2.45, 2.75) is 32.7 Å². The second-order valence-corrected chi connectivity index (χ2v) is 6.78. The standard InChI is InChI=1S/C15H22N2O2S/c1-10(2)13(15(19)17(3)9-11-6-7-11)16-14(18)12-5-4-8-20-12/h4-5,8,10-11,13H,6-7,9H2,1-3H3,(H,16,18)/t13-/m0/s1. The van der Waals surface area contributed by atoms with Crippen LogP contribution in [0.15, 0.2) is 17.5 Å². The molecule has 1 fully saturated rings. The van der Waals surface area contributed by atoms with Gasteiger partial charge in [-0.2, -0.15) is 0 Å². The van der Waals surface area contributed by atoms with Crippen molar-refractivity contribution in [1.82, 2.24) is 10.2 Å². The van der Waals surface area contributed by atoms with Gasteiger partial charge in [0.1, 0.15) is 6.04 Å². The lowest BCUT2D eigenvalue weighted by atomic mass is 10.0. The molecule has 2 rings (SSSR count). The number of thiophene rings is 1. The molecule has 1 N–H and O–H groups in total. The van der Waals surface area contributed by atoms with Crippen LogP contribution >= 0.6 is 11.3 Å². The van der Waals surface area contributed by atoms with E-state index >= 15 is 0 Å². The zero-order valence-electron chi connectivity index (χ0n) is 12.3. The van der Waals surface area contributed by atoms with Gasteiger partial charge in [-0.1, -0.05) is 19.9 Å². The Morgan fingerprint density at radius 1 is 1.45 bits per heavy atom. The minimum Gasteiger partial charge on any atom is -0.344 e. The van der Waals surface area contributed by atoms with Crippen LogP contribution in [0.25, 0.3) is 0 Å². The highest BCUT2D eigenvalue weighted by molar-refractivity contribution is 7.12. The maximum absolute atomic E-state index is 12.5. The SMILES string of the molecule is CC(C)[C@H](NC(=O)c1cccs1)C(=O)N(C)CC1CC1. The largest absolute Gasteiger partial charge is 0.344 e. The zero-order chi connectivity index (χ0) is 14.7. The van der Waals surface area contributed by atoms with E-state index in [1.807, 2.05) is 32.3 Å². The molecule has 0 unspecified atom stereocenters. The lowest BCUT2D eigenvalue weighted by molar-refractivity contribution is -0.133. The first kappa shape index (κ1) is 15.0. The molecular weight excluding hydrogens is 272 g/mol. The van der Waals surface area contributed by atoms with Gasteiger partial charge in [0.15, 0.2) is 0 Å². The van der Waals surface area contributed by atoms with Gasteiger partial charge < -0.3 is 10.2 Å². The van der Waals surface area contributed by atoms with E-state index in [-0.39, 0.29) is 17.7 Å². The Hall–Kier alpha value is -1.36. The predicted molar refractivity (Wildman–Crippen MR) is 80.8 cm³/mol. The van der Waals surface area contributed by atoms with Crippen LogP contribution in [0.3, 0.4) is 0 Å². The van der Waals surface area contributed by atoms with Gasteiger partial charge in [0, 0.05) is 13.6 Å². The second kappa shape index (κ2) is 6.39. The molecule has 1 aliphatic rings. The molecule has 20 heavy (non-hydrogen) atoms. The third-order valence-electron chi connectivity index (χ3n) is 3.57. The van der Waals surface area contributed by atoms with Gasteiger partial charge in [-0.25, -0.2) is 0 Å². The van der Waals surface area contributed by atoms with E-state index in [4.69, 9.17) is 0 Å². The average molecular weight is 294 g/mol. The van der Waals surface area contributed by atoms with Gasteiger partial charge in [0.05, 0.1) is 4.88 Å². The number of nitrogens with one attached hydrogen (secondary N) is 1. The van der Waals surface area contributed by atoms with E-state index in [9.17, 15) is 9.59 Å². The number of likely N-dealkylation sites (N-methyl/N-ethyl adjacent to an activating group) is 1. The Kier molecular flexibility index (Phi) is 4.81. The molecule has 1 aromatic heterocycles. The number of hydrogen-bond acceptors (Lipinski definition) is 3. The van der Waals surface area contributed by atoms with E-state index < -0.39 is 6.04 Å². The van der Waals surface area contributed by atoms with Gasteiger partial charge in [-0.15, -0.1) is 11.3 Å². The van der Waals surface area contributed by atoms with Gasteiger partial charge in [-0.3, -0.25) is 9.59 Å². The summed E-state index contributed by atoms with van der Waals surface area (Å²) in [7, 11) is 1.83. The summed E-state index contributed by atoms with van der Waals surface area (Å²) in [4.78, 5) is 27.0. The molecular formula is C15H22N2O2S. The minimum absolute atomic E-state index is 0.0109. The third kappa shape index (κ3) is 3.82. The fourth-order valence-corrected chi connectivity index (χ4v) is 2.78. The fraction of sp³-hybridized carbons (Fsp3) is 0.600. The Morgan fingerprint density at radius 3 is 2.65 bits per heavy atom. The summed E-state index contributed by atoms with van der Waals surface area (Å²) in [5.74, 6) is 0.585. The lowest BCUT2D eigenvalue weighted by Crippen LogP contribution is -2.50. The van der Waals surface area contributed by atoms with Crippen LogP contribution in [0, 0.1) is 11.8 Å². The van der Waals surface area contributed by atoms with Crippen LogP contribution in [0.1, 0.15) is 36.4 Å². The molecule has 0 aliphatic heterocycles. The monoisotopic (exact) mass is 294 g/mol. The van der Waals surface area contributed by atoms with Crippen molar-refractivity contribution in [2.24, 2.45) is 11.8 Å². The number of amides is 2. The molecule has 0 radical (unpaired) electrons. The molecule has 0 saturated heterocycles. The first-order valence-electron chi connectivity index (χ1n) is 7.08. The Balaban J connectivity index is 1.98. The third-order valence-corrected chi connectivity index (χ3v) is 4.44. The van der Waals surface area contributed by atoms with Gasteiger partial charge in [0.2, 0.25) is 5.91 Å². The summed E-state index contributed by atoms with van der Waals surface area (Å²) in [5.41, 5.74) is 0. The van der Waals surface area contributed by atoms with Crippen LogP contribution in [0.2, 0.25) is 0 Å². The molecule has 0 spiro atoms. The van der Waals surface area contributed by atoms with Crippen molar-refractivity contribution in [3.63, 3.8) is 0 Å². The second-order valence-electron chi connectivity index (χ2n) is 5.83. The maximum atomic E-state index is 12.5. The summed E-state index contributed by atoms with van der Waals surface area (Å²) >= 11 is 1.39. The molecule has 1 heterocycles. The minimum atomic E-state index is -0.451. The highest BCUT2D eigenvalue weighted by atomic mass is 32.1. The first-order valence-corrected chi connectivity index (χ1v) is 7.96. The average Bonchev–Trinajstić information content (AvgIpc) is 3.05. The van der Waals surface area contributed by atoms with Gasteiger partial charge in [-0.05, 0) is 36.1 Å². The maximum Gasteiger partial charge on any atom is 0.262 e. The summed E-state index contributed by atoms with van der Waals surface area (Å²) < 4.78 is 0. The van der Waals surface area contributed by atoms with Crippen LogP contribution < -0.4 is 5.32 Å². The van der Waals surface area contributed by atoms with E-state index in [1.165, 1.54) is 24.2 Å². The topological polar surface area (TPSA) is 49.4 Å². The van der Waals surface area contributed by atoms with Crippen molar-refractivity contribution < 1.29 is 9.59 Å². The van der Waals surface area contributed by atoms with E-state index in [0.717, 1.165) is 6.54 Å². The van der Waals surface area contributed by atoms with Crippen LogP contribution in [0.5, 0.6) is 0 Å². The van der Waals surface area contributed by atoms with Gasteiger partial charge >= 0.3 is 0 Å². The predicted octanol–water partition coefficient (Wildman–Crippen LogP) is 2.37. The van der Waals surface area contributed by atoms with E-state index in [0.29, 0.717) is 10.8 Å². The highest BCUT2D eigenvalue weighted by Gasteiger charge is 2.31. The molecule has 2 amide bonds. The molecule has 1 aliphatic carbocycles. The van der Waals surface area contributed by atoms with Crippen molar-refractivity contribution in [3.8, 4) is 0 Å². The van der Waals surface area contributed by atoms with Crippen molar-refractivity contribution in [3.05, 3.63) is 22.4 Å². The summed E-state index contributed by atoms with van der Waals surface area (Å²) in [5, 5.41) is 4.73. The quantitative estimate of drug-likeness (QED) is 0.875. The van der Waals surface area contributed by atoms with Gasteiger partial charge in [0.25, 0.3) is 5.91 Å². The molecule has 0 aromatic carbocycles. The Morgan fingerprint density at radius 2 is 2.15 bits per heavy atom. The number of nitrogens with zero attached hydrogens (tertiary/aromatic N) is 1. The smallest absolute Gasteiger partial charge is 0.262 e. The zero-order valence-corrected chi connectivity index (χ0v) is 13.1. The molecule has 5 heteroatoms.